The lowest BCUT2D eigenvalue weighted by atomic mass is 10.1. The number of carbonyl (C=O) groups is 8. The molecule has 0 aliphatic rings. The normalized spacial score (nSPS) is 12.6. The van der Waals surface area contributed by atoms with E-state index in [0.717, 1.165) is 51.4 Å². The van der Waals surface area contributed by atoms with Crippen LogP contribution >= 0.6 is 23.5 Å². The third-order valence-electron chi connectivity index (χ3n) is 9.87. The monoisotopic (exact) mass is 902 g/mol. The molecule has 0 heterocycles. The van der Waals surface area contributed by atoms with Crippen LogP contribution in [0, 0.1) is 11.8 Å². The highest BCUT2D eigenvalue weighted by molar-refractivity contribution is 7.99. The zero-order valence-corrected chi connectivity index (χ0v) is 39.4. The summed E-state index contributed by atoms with van der Waals surface area (Å²) in [5.74, 6) is -0.438. The molecule has 13 nitrogen and oxygen atoms in total. The number of hydrogen-bond acceptors (Lipinski definition) is 14. The highest BCUT2D eigenvalue weighted by Crippen LogP contribution is 2.16. The minimum absolute atomic E-state index is 0.119. The predicted molar refractivity (Wildman–Crippen MR) is 241 cm³/mol. The Labute approximate surface area is 374 Å². The summed E-state index contributed by atoms with van der Waals surface area (Å²) in [7, 11) is 0. The van der Waals surface area contributed by atoms with Gasteiger partial charge < -0.3 is 24.1 Å². The molecule has 0 aliphatic heterocycles. The molecule has 0 aromatic heterocycles. The minimum Gasteiger partial charge on any atom is -0.481 e. The van der Waals surface area contributed by atoms with Gasteiger partial charge in [0.25, 0.3) is 0 Å². The number of hydrogen-bond donors (Lipinski definition) is 1. The molecule has 0 rings (SSSR count). The van der Waals surface area contributed by atoms with Crippen molar-refractivity contribution >= 4 is 70.5 Å². The molecule has 0 aromatic carbocycles. The molecule has 0 spiro atoms. The van der Waals surface area contributed by atoms with E-state index < -0.39 is 5.97 Å². The van der Waals surface area contributed by atoms with Crippen LogP contribution in [0.2, 0.25) is 0 Å². The fourth-order valence-corrected chi connectivity index (χ4v) is 7.99. The molecule has 15 heteroatoms. The summed E-state index contributed by atoms with van der Waals surface area (Å²) in [6.45, 7) is 8.71. The number of carboxylic acid groups (broad SMARTS) is 1. The number of thioether (sulfide) groups is 2. The molecule has 0 aliphatic carbocycles. The lowest BCUT2D eigenvalue weighted by molar-refractivity contribution is -0.148. The van der Waals surface area contributed by atoms with Gasteiger partial charge in [0.2, 0.25) is 0 Å². The van der Waals surface area contributed by atoms with E-state index in [4.69, 9.17) is 24.1 Å². The van der Waals surface area contributed by atoms with E-state index in [0.29, 0.717) is 93.8 Å². The molecular formula is C46H78O13S2. The maximum absolute atomic E-state index is 12.4. The molecule has 3 unspecified atom stereocenters. The molecular weight excluding hydrogens is 825 g/mol. The first-order chi connectivity index (χ1) is 29.3. The quantitative estimate of drug-likeness (QED) is 0.0263. The summed E-state index contributed by atoms with van der Waals surface area (Å²) in [5, 5.41) is 8.61. The molecule has 3 atom stereocenters. The van der Waals surface area contributed by atoms with Crippen LogP contribution in [0.15, 0.2) is 0 Å². The number of esters is 3. The average molecular weight is 903 g/mol. The summed E-state index contributed by atoms with van der Waals surface area (Å²) in [4.78, 5) is 95.9. The van der Waals surface area contributed by atoms with Crippen LogP contribution in [-0.4, -0.2) is 108 Å². The number of rotatable bonds is 44. The second-order valence-corrected chi connectivity index (χ2v) is 18.2. The van der Waals surface area contributed by atoms with Crippen LogP contribution in [0.3, 0.4) is 0 Å². The number of ketones is 4. The van der Waals surface area contributed by atoms with Gasteiger partial charge in [-0.05, 0) is 70.6 Å². The lowest BCUT2D eigenvalue weighted by Gasteiger charge is -2.15. The summed E-state index contributed by atoms with van der Waals surface area (Å²) >= 11 is 2.93. The number of carbonyl (C=O) groups excluding carboxylic acids is 7. The Morgan fingerprint density at radius 1 is 0.508 bits per heavy atom. The molecule has 0 fully saturated rings. The number of aliphatic carboxylic acids is 1. The van der Waals surface area contributed by atoms with Gasteiger partial charge in [0, 0.05) is 68.0 Å². The van der Waals surface area contributed by atoms with Crippen LogP contribution in [0.5, 0.6) is 0 Å². The Morgan fingerprint density at radius 3 is 1.52 bits per heavy atom. The van der Waals surface area contributed by atoms with Crippen molar-refractivity contribution in [3.8, 4) is 0 Å². The van der Waals surface area contributed by atoms with Crippen molar-refractivity contribution in [1.82, 2.24) is 0 Å². The second kappa shape index (κ2) is 40.0. The van der Waals surface area contributed by atoms with Crippen LogP contribution < -0.4 is 0 Å². The molecule has 1 N–H and O–H groups in total. The fraction of sp³-hybridized carbons (Fsp3) is 0.826. The smallest absolute Gasteiger partial charge is 0.309 e. The summed E-state index contributed by atoms with van der Waals surface area (Å²) < 4.78 is 21.6. The van der Waals surface area contributed by atoms with E-state index in [1.165, 1.54) is 23.5 Å². The van der Waals surface area contributed by atoms with Gasteiger partial charge in [-0.15, -0.1) is 0 Å². The van der Waals surface area contributed by atoms with E-state index in [1.807, 2.05) is 0 Å². The zero-order chi connectivity index (χ0) is 45.5. The molecule has 0 bridgehead atoms. The highest BCUT2D eigenvalue weighted by atomic mass is 32.2. The number of Topliss-reactive ketones (excluding diaryl/α,β-unsaturated/α-hetero) is 4. The second-order valence-electron chi connectivity index (χ2n) is 15.9. The van der Waals surface area contributed by atoms with E-state index in [1.54, 1.807) is 13.8 Å². The molecule has 0 saturated heterocycles. The van der Waals surface area contributed by atoms with Gasteiger partial charge in [-0.3, -0.25) is 38.4 Å². The van der Waals surface area contributed by atoms with Crippen LogP contribution in [0.25, 0.3) is 0 Å². The summed E-state index contributed by atoms with van der Waals surface area (Å²) in [6, 6.07) is 0. The van der Waals surface area contributed by atoms with Crippen molar-refractivity contribution in [3.63, 3.8) is 0 Å². The van der Waals surface area contributed by atoms with E-state index in [-0.39, 0.29) is 111 Å². The third-order valence-corrected chi connectivity index (χ3v) is 12.3. The summed E-state index contributed by atoms with van der Waals surface area (Å²) in [6.07, 6.45) is 14.2. The first-order valence-corrected chi connectivity index (χ1v) is 25.1. The van der Waals surface area contributed by atoms with Gasteiger partial charge in [0.1, 0.15) is 24.0 Å². The number of ether oxygens (including phenoxy) is 4. The highest BCUT2D eigenvalue weighted by Gasteiger charge is 2.18. The van der Waals surface area contributed by atoms with Crippen molar-refractivity contribution in [2.45, 2.75) is 181 Å². The number of carboxylic acids is 1. The summed E-state index contributed by atoms with van der Waals surface area (Å²) in [5.41, 5.74) is 0. The van der Waals surface area contributed by atoms with Gasteiger partial charge in [-0.25, -0.2) is 0 Å². The van der Waals surface area contributed by atoms with Gasteiger partial charge in [-0.2, -0.15) is 23.5 Å². The third kappa shape index (κ3) is 37.5. The van der Waals surface area contributed by atoms with Crippen LogP contribution in [0.4, 0.5) is 0 Å². The van der Waals surface area contributed by atoms with Crippen LogP contribution in [0.1, 0.15) is 175 Å². The SMILES string of the molecule is CCCCC(CC)OCC(=O)CCCCCCC(=O)CCCOC(=O)C(C)CSCCC(=O)CC(=O)CCSCC(C)C(=O)OCCCCCC(=O)OCCCCCC(=O)O. The minimum atomic E-state index is -0.827. The van der Waals surface area contributed by atoms with Gasteiger partial charge in [-0.1, -0.05) is 53.4 Å². The molecule has 0 aromatic rings. The van der Waals surface area contributed by atoms with Gasteiger partial charge in [0.05, 0.1) is 44.2 Å². The molecule has 0 radical (unpaired) electrons. The first kappa shape index (κ1) is 58.2. The Balaban J connectivity index is 3.80. The van der Waals surface area contributed by atoms with Gasteiger partial charge in [0.15, 0.2) is 5.78 Å². The Bertz CT molecular complexity index is 1260. The Hall–Kier alpha value is -2.78. The van der Waals surface area contributed by atoms with Crippen molar-refractivity contribution in [2.24, 2.45) is 11.8 Å². The molecule has 0 amide bonds. The van der Waals surface area contributed by atoms with E-state index in [2.05, 4.69) is 13.8 Å². The van der Waals surface area contributed by atoms with Crippen molar-refractivity contribution in [2.75, 3.05) is 49.4 Å². The number of unbranched alkanes of at least 4 members (excludes halogenated alkanes) is 8. The van der Waals surface area contributed by atoms with Crippen molar-refractivity contribution in [1.29, 1.82) is 0 Å². The Morgan fingerprint density at radius 2 is 0.984 bits per heavy atom. The average Bonchev–Trinajstić information content (AvgIpc) is 3.22. The molecule has 352 valence electrons. The maximum atomic E-state index is 12.4. The van der Waals surface area contributed by atoms with Crippen molar-refractivity contribution in [3.05, 3.63) is 0 Å². The predicted octanol–water partition coefficient (Wildman–Crippen LogP) is 9.11. The Kier molecular flexibility index (Phi) is 38.2. The molecule has 61 heavy (non-hydrogen) atoms. The zero-order valence-electron chi connectivity index (χ0n) is 37.8. The standard InChI is InChI=1S/C46H78O13S2/c1-5-7-22-42(6-2)59-33-41(50)20-13-9-8-12-19-38(47)21-18-29-58-46(55)37(4)35-61-31-26-40(49)32-39(48)25-30-60-34-36(3)45(54)57-28-17-11-15-24-44(53)56-27-16-10-14-23-43(51)52/h36-37,42H,5-35H2,1-4H3,(H,51,52). The van der Waals surface area contributed by atoms with Crippen molar-refractivity contribution < 1.29 is 62.4 Å². The first-order valence-electron chi connectivity index (χ1n) is 22.8. The van der Waals surface area contributed by atoms with Gasteiger partial charge >= 0.3 is 23.9 Å². The lowest BCUT2D eigenvalue weighted by Crippen LogP contribution is -2.18. The molecule has 0 saturated carbocycles. The topological polar surface area (TPSA) is 194 Å². The van der Waals surface area contributed by atoms with E-state index >= 15 is 0 Å². The van der Waals surface area contributed by atoms with E-state index in [9.17, 15) is 38.4 Å². The largest absolute Gasteiger partial charge is 0.481 e. The maximum Gasteiger partial charge on any atom is 0.309 e. The van der Waals surface area contributed by atoms with Crippen LogP contribution in [-0.2, 0) is 57.3 Å². The fourth-order valence-electron chi connectivity index (χ4n) is 5.93.